The molecule has 1 amide bonds. The largest absolute Gasteiger partial charge is 0.632 e. The number of quaternary nitrogens is 1. The Kier molecular flexibility index (Phi) is 6.84. The van der Waals surface area contributed by atoms with Gasteiger partial charge in [0.25, 0.3) is 5.91 Å². The summed E-state index contributed by atoms with van der Waals surface area (Å²) in [5.41, 5.74) is 5.01. The third kappa shape index (κ3) is 5.03. The lowest BCUT2D eigenvalue weighted by Crippen LogP contribution is -2.52. The van der Waals surface area contributed by atoms with E-state index in [0.29, 0.717) is 42.4 Å². The van der Waals surface area contributed by atoms with Crippen LogP contribution in [0.4, 0.5) is 0 Å². The number of hydrogen-bond donors (Lipinski definition) is 0. The number of amides is 1. The minimum atomic E-state index is -3.26. The average molecular weight is 550 g/mol. The molecule has 1 atom stereocenters. The second-order valence-corrected chi connectivity index (χ2v) is 14.2. The molecule has 3 aliphatic rings. The molecular weight excluding hydrogens is 510 g/mol. The van der Waals surface area contributed by atoms with E-state index in [1.807, 2.05) is 35.2 Å². The number of fused-ring (bicyclic) bond motifs is 3. The number of sulfone groups is 1. The van der Waals surface area contributed by atoms with Crippen molar-refractivity contribution < 1.29 is 17.9 Å². The standard InChI is InChI=1S/C31H39N3O4S/c1-22-13-16-32(17-14-22)31(35)24-9-12-29-27(19-24)28-21-34(36,25-5-3-4-6-25)18-15-30(28)33(29)20-23-7-10-26(11-8-23)39(2,37)38/h7-12,19,22,25H,3-6,13-18,20-21H2,1-2H3. The van der Waals surface area contributed by atoms with E-state index < -0.39 is 9.84 Å². The second-order valence-electron chi connectivity index (χ2n) is 12.2. The van der Waals surface area contributed by atoms with Crippen LogP contribution in [0.3, 0.4) is 0 Å². The van der Waals surface area contributed by atoms with Crippen LogP contribution >= 0.6 is 0 Å². The molecule has 0 spiro atoms. The molecule has 3 heterocycles. The van der Waals surface area contributed by atoms with Gasteiger partial charge in [-0.3, -0.25) is 4.79 Å². The summed E-state index contributed by atoms with van der Waals surface area (Å²) in [5, 5.41) is 15.1. The molecule has 1 saturated carbocycles. The van der Waals surface area contributed by atoms with Gasteiger partial charge in [0, 0.05) is 60.0 Å². The van der Waals surface area contributed by atoms with Crippen molar-refractivity contribution in [3.8, 4) is 0 Å². The molecule has 6 rings (SSSR count). The SMILES string of the molecule is CC1CCN(C(=O)c2ccc3c(c2)c2c(n3Cc3ccc(S(C)(=O)=O)cc3)CC[N+]([O-])(C3CCCC3)C2)CC1. The molecule has 8 heteroatoms. The van der Waals surface area contributed by atoms with E-state index in [1.54, 1.807) is 12.1 Å². The monoisotopic (exact) mass is 549 g/mol. The number of aromatic nitrogens is 1. The molecule has 2 aliphatic heterocycles. The number of carbonyl (C=O) groups excluding carboxylic acids is 1. The zero-order chi connectivity index (χ0) is 27.4. The summed E-state index contributed by atoms with van der Waals surface area (Å²) in [7, 11) is -3.26. The van der Waals surface area contributed by atoms with E-state index in [9.17, 15) is 18.4 Å². The van der Waals surface area contributed by atoms with Gasteiger partial charge in [-0.1, -0.05) is 19.1 Å². The molecule has 2 fully saturated rings. The minimum Gasteiger partial charge on any atom is -0.632 e. The van der Waals surface area contributed by atoms with Crippen molar-refractivity contribution in [1.82, 2.24) is 9.47 Å². The van der Waals surface area contributed by atoms with Crippen LogP contribution in [0.1, 0.15) is 72.6 Å². The van der Waals surface area contributed by atoms with E-state index in [2.05, 4.69) is 11.5 Å². The molecule has 39 heavy (non-hydrogen) atoms. The van der Waals surface area contributed by atoms with Crippen LogP contribution < -0.4 is 0 Å². The van der Waals surface area contributed by atoms with Crippen LogP contribution in [0.5, 0.6) is 0 Å². The molecule has 0 N–H and O–H groups in total. The van der Waals surface area contributed by atoms with Crippen molar-refractivity contribution in [1.29, 1.82) is 0 Å². The average Bonchev–Trinajstić information content (AvgIpc) is 3.56. The highest BCUT2D eigenvalue weighted by atomic mass is 32.2. The van der Waals surface area contributed by atoms with Gasteiger partial charge in [-0.05, 0) is 80.3 Å². The first kappa shape index (κ1) is 26.5. The predicted octanol–water partition coefficient (Wildman–Crippen LogP) is 5.28. The lowest BCUT2D eigenvalue weighted by molar-refractivity contribution is -0.919. The molecule has 0 radical (unpaired) electrons. The van der Waals surface area contributed by atoms with Crippen LogP contribution in [-0.2, 0) is 29.3 Å². The first-order chi connectivity index (χ1) is 18.6. The number of hydroxylamine groups is 3. The smallest absolute Gasteiger partial charge is 0.253 e. The number of rotatable bonds is 5. The highest BCUT2D eigenvalue weighted by Crippen LogP contribution is 2.39. The van der Waals surface area contributed by atoms with E-state index in [0.717, 1.165) is 73.6 Å². The van der Waals surface area contributed by atoms with Crippen molar-refractivity contribution in [2.75, 3.05) is 25.9 Å². The second kappa shape index (κ2) is 10.1. The summed E-state index contributed by atoms with van der Waals surface area (Å²) >= 11 is 0. The van der Waals surface area contributed by atoms with Crippen molar-refractivity contribution in [3.63, 3.8) is 0 Å². The van der Waals surface area contributed by atoms with Crippen molar-refractivity contribution in [2.24, 2.45) is 5.92 Å². The summed E-state index contributed by atoms with van der Waals surface area (Å²) in [5.74, 6) is 0.735. The molecule has 208 valence electrons. The maximum atomic E-state index is 14.1. The maximum Gasteiger partial charge on any atom is 0.253 e. The van der Waals surface area contributed by atoms with Gasteiger partial charge >= 0.3 is 0 Å². The van der Waals surface area contributed by atoms with Gasteiger partial charge in [0.05, 0.1) is 17.5 Å². The normalized spacial score (nSPS) is 22.9. The molecular formula is C31H39N3O4S. The van der Waals surface area contributed by atoms with Crippen molar-refractivity contribution in [3.05, 3.63) is 70.1 Å². The minimum absolute atomic E-state index is 0.0798. The summed E-state index contributed by atoms with van der Waals surface area (Å²) in [6.45, 7) is 5.46. The summed E-state index contributed by atoms with van der Waals surface area (Å²) < 4.78 is 26.0. The Bertz CT molecular complexity index is 1500. The van der Waals surface area contributed by atoms with E-state index in [4.69, 9.17) is 0 Å². The lowest BCUT2D eigenvalue weighted by atomic mass is 9.97. The fraction of sp³-hybridized carbons (Fsp3) is 0.516. The lowest BCUT2D eigenvalue weighted by Gasteiger charge is -2.50. The third-order valence-electron chi connectivity index (χ3n) is 9.44. The van der Waals surface area contributed by atoms with E-state index in [-0.39, 0.29) is 16.6 Å². The Morgan fingerprint density at radius 1 is 1.03 bits per heavy atom. The Balaban J connectivity index is 1.39. The van der Waals surface area contributed by atoms with Gasteiger partial charge < -0.3 is 19.3 Å². The number of likely N-dealkylation sites (tertiary alicyclic amines) is 1. The molecule has 3 aromatic rings. The fourth-order valence-corrected chi connectivity index (χ4v) is 7.63. The van der Waals surface area contributed by atoms with Crippen molar-refractivity contribution in [2.45, 2.75) is 75.9 Å². The molecule has 0 bridgehead atoms. The van der Waals surface area contributed by atoms with Gasteiger partial charge in [-0.15, -0.1) is 0 Å². The Labute approximate surface area is 231 Å². The van der Waals surface area contributed by atoms with Gasteiger partial charge in [0.2, 0.25) is 0 Å². The van der Waals surface area contributed by atoms with Crippen LogP contribution in [0, 0.1) is 11.1 Å². The first-order valence-electron chi connectivity index (χ1n) is 14.4. The predicted molar refractivity (Wildman–Crippen MR) is 153 cm³/mol. The third-order valence-corrected chi connectivity index (χ3v) is 10.6. The quantitative estimate of drug-likeness (QED) is 0.320. The fourth-order valence-electron chi connectivity index (χ4n) is 7.00. The zero-order valence-corrected chi connectivity index (χ0v) is 23.9. The van der Waals surface area contributed by atoms with Crippen molar-refractivity contribution >= 4 is 26.6 Å². The molecule has 7 nitrogen and oxygen atoms in total. The summed E-state index contributed by atoms with van der Waals surface area (Å²) in [6.07, 6.45) is 8.28. The van der Waals surface area contributed by atoms with Crippen LogP contribution in [0.15, 0.2) is 47.4 Å². The van der Waals surface area contributed by atoms with Crippen LogP contribution in [-0.4, -0.2) is 60.4 Å². The van der Waals surface area contributed by atoms with Crippen LogP contribution in [0.2, 0.25) is 0 Å². The zero-order valence-electron chi connectivity index (χ0n) is 23.1. The molecule has 1 unspecified atom stereocenters. The first-order valence-corrected chi connectivity index (χ1v) is 16.3. The highest BCUT2D eigenvalue weighted by molar-refractivity contribution is 7.90. The van der Waals surface area contributed by atoms with E-state index >= 15 is 0 Å². The Morgan fingerprint density at radius 3 is 2.38 bits per heavy atom. The number of nitrogens with zero attached hydrogens (tertiary/aromatic N) is 3. The van der Waals surface area contributed by atoms with Crippen LogP contribution in [0.25, 0.3) is 10.9 Å². The van der Waals surface area contributed by atoms with Gasteiger partial charge in [0.15, 0.2) is 9.84 Å². The number of carbonyl (C=O) groups is 1. The Morgan fingerprint density at radius 2 is 1.72 bits per heavy atom. The molecule has 2 aromatic carbocycles. The number of hydrogen-bond acceptors (Lipinski definition) is 4. The Hall–Kier alpha value is -2.68. The summed E-state index contributed by atoms with van der Waals surface area (Å²) in [4.78, 5) is 15.8. The van der Waals surface area contributed by atoms with Gasteiger partial charge in [-0.25, -0.2) is 8.42 Å². The topological polar surface area (TPSA) is 82.4 Å². The highest BCUT2D eigenvalue weighted by Gasteiger charge is 2.37. The van der Waals surface area contributed by atoms with Gasteiger partial charge in [0.1, 0.15) is 6.54 Å². The maximum absolute atomic E-state index is 14.1. The molecule has 1 aliphatic carbocycles. The van der Waals surface area contributed by atoms with E-state index in [1.165, 1.54) is 11.9 Å². The molecule has 1 aromatic heterocycles. The van der Waals surface area contributed by atoms with Gasteiger partial charge in [-0.2, -0.15) is 0 Å². The number of piperidine rings is 1. The summed E-state index contributed by atoms with van der Waals surface area (Å²) in [6, 6.07) is 13.3. The molecule has 1 saturated heterocycles. The number of benzene rings is 2.